The Hall–Kier alpha value is -1.10. The van der Waals surface area contributed by atoms with Gasteiger partial charge in [-0.3, -0.25) is 9.80 Å². The predicted octanol–water partition coefficient (Wildman–Crippen LogP) is 1.55. The number of benzene rings is 1. The van der Waals surface area contributed by atoms with Crippen molar-refractivity contribution in [2.45, 2.75) is 25.9 Å². The maximum atomic E-state index is 5.84. The smallest absolute Gasteiger partial charge is 0.123 e. The van der Waals surface area contributed by atoms with E-state index in [1.807, 2.05) is 12.1 Å². The lowest BCUT2D eigenvalue weighted by molar-refractivity contribution is 0.0921. The Morgan fingerprint density at radius 3 is 2.50 bits per heavy atom. The minimum Gasteiger partial charge on any atom is -0.496 e. The highest BCUT2D eigenvalue weighted by Crippen LogP contribution is 2.20. The summed E-state index contributed by atoms with van der Waals surface area (Å²) in [4.78, 5) is 5.02. The number of nitrogens with two attached hydrogens (primary N) is 1. The van der Waals surface area contributed by atoms with E-state index in [0.29, 0.717) is 6.04 Å². The molecule has 1 aliphatic rings. The van der Waals surface area contributed by atoms with Gasteiger partial charge in [0.15, 0.2) is 0 Å². The van der Waals surface area contributed by atoms with Crippen molar-refractivity contribution >= 4 is 0 Å². The fourth-order valence-corrected chi connectivity index (χ4v) is 2.94. The molecule has 4 heteroatoms. The summed E-state index contributed by atoms with van der Waals surface area (Å²) >= 11 is 0. The van der Waals surface area contributed by atoms with Crippen molar-refractivity contribution in [2.24, 2.45) is 5.73 Å². The van der Waals surface area contributed by atoms with E-state index >= 15 is 0 Å². The van der Waals surface area contributed by atoms with E-state index in [2.05, 4.69) is 28.9 Å². The molecule has 0 aromatic heterocycles. The number of rotatable bonds is 6. The minimum absolute atomic E-state index is 0.545. The number of para-hydroxylation sites is 1. The molecule has 0 saturated carbocycles. The third-order valence-electron chi connectivity index (χ3n) is 4.25. The Balaban J connectivity index is 1.88. The SMILES string of the molecule is CCC(CN)N1CCN(Cc2ccccc2OC)CC1. The Morgan fingerprint density at radius 1 is 1.20 bits per heavy atom. The number of hydrogen-bond donors (Lipinski definition) is 1. The lowest BCUT2D eigenvalue weighted by Gasteiger charge is -2.38. The van der Waals surface area contributed by atoms with Gasteiger partial charge in [0.05, 0.1) is 7.11 Å². The lowest BCUT2D eigenvalue weighted by atomic mass is 10.1. The van der Waals surface area contributed by atoms with E-state index in [1.54, 1.807) is 7.11 Å². The molecule has 0 bridgehead atoms. The van der Waals surface area contributed by atoms with E-state index in [-0.39, 0.29) is 0 Å². The van der Waals surface area contributed by atoms with Gasteiger partial charge in [-0.15, -0.1) is 0 Å². The summed E-state index contributed by atoms with van der Waals surface area (Å²) in [5.74, 6) is 0.989. The van der Waals surface area contributed by atoms with Crippen LogP contribution in [0.3, 0.4) is 0 Å². The molecule has 1 heterocycles. The maximum Gasteiger partial charge on any atom is 0.123 e. The number of methoxy groups -OCH3 is 1. The molecular formula is C16H27N3O. The molecule has 0 amide bonds. The van der Waals surface area contributed by atoms with Crippen LogP contribution in [0.25, 0.3) is 0 Å². The van der Waals surface area contributed by atoms with Crippen molar-refractivity contribution in [2.75, 3.05) is 39.8 Å². The topological polar surface area (TPSA) is 41.7 Å². The van der Waals surface area contributed by atoms with Gasteiger partial charge in [-0.25, -0.2) is 0 Å². The maximum absolute atomic E-state index is 5.84. The summed E-state index contributed by atoms with van der Waals surface area (Å²) < 4.78 is 5.43. The molecule has 1 aromatic carbocycles. The highest BCUT2D eigenvalue weighted by atomic mass is 16.5. The first-order chi connectivity index (χ1) is 9.78. The zero-order valence-electron chi connectivity index (χ0n) is 12.7. The molecule has 112 valence electrons. The van der Waals surface area contributed by atoms with Gasteiger partial charge in [0.2, 0.25) is 0 Å². The van der Waals surface area contributed by atoms with Crippen LogP contribution in [0.2, 0.25) is 0 Å². The van der Waals surface area contributed by atoms with Crippen LogP contribution in [0.15, 0.2) is 24.3 Å². The summed E-state index contributed by atoms with van der Waals surface area (Å²) in [6.07, 6.45) is 1.14. The summed E-state index contributed by atoms with van der Waals surface area (Å²) in [6, 6.07) is 8.83. The zero-order valence-corrected chi connectivity index (χ0v) is 12.7. The zero-order chi connectivity index (χ0) is 14.4. The number of ether oxygens (including phenoxy) is 1. The average molecular weight is 277 g/mol. The molecule has 20 heavy (non-hydrogen) atoms. The molecule has 4 nitrogen and oxygen atoms in total. The van der Waals surface area contributed by atoms with E-state index in [0.717, 1.165) is 51.4 Å². The quantitative estimate of drug-likeness (QED) is 0.856. The van der Waals surface area contributed by atoms with Gasteiger partial charge < -0.3 is 10.5 Å². The van der Waals surface area contributed by atoms with Crippen LogP contribution >= 0.6 is 0 Å². The van der Waals surface area contributed by atoms with Crippen LogP contribution in [-0.2, 0) is 6.54 Å². The largest absolute Gasteiger partial charge is 0.496 e. The second kappa shape index (κ2) is 7.62. The van der Waals surface area contributed by atoms with E-state index in [4.69, 9.17) is 10.5 Å². The third-order valence-corrected chi connectivity index (χ3v) is 4.25. The van der Waals surface area contributed by atoms with Gasteiger partial charge in [-0.05, 0) is 12.5 Å². The van der Waals surface area contributed by atoms with Gasteiger partial charge in [0.1, 0.15) is 5.75 Å². The summed E-state index contributed by atoms with van der Waals surface area (Å²) in [5.41, 5.74) is 7.11. The van der Waals surface area contributed by atoms with Crippen molar-refractivity contribution in [1.29, 1.82) is 0 Å². The van der Waals surface area contributed by atoms with E-state index in [1.165, 1.54) is 5.56 Å². The molecule has 1 aromatic rings. The molecule has 1 fully saturated rings. The number of nitrogens with zero attached hydrogens (tertiary/aromatic N) is 2. The highest BCUT2D eigenvalue weighted by Gasteiger charge is 2.22. The Morgan fingerprint density at radius 2 is 1.90 bits per heavy atom. The van der Waals surface area contributed by atoms with Crippen molar-refractivity contribution in [3.8, 4) is 5.75 Å². The highest BCUT2D eigenvalue weighted by molar-refractivity contribution is 5.33. The number of piperazine rings is 1. The molecule has 2 rings (SSSR count). The molecule has 0 spiro atoms. The Labute approximate surface area is 122 Å². The molecule has 2 N–H and O–H groups in total. The average Bonchev–Trinajstić information content (AvgIpc) is 2.51. The van der Waals surface area contributed by atoms with Gasteiger partial charge >= 0.3 is 0 Å². The monoisotopic (exact) mass is 277 g/mol. The second-order valence-electron chi connectivity index (χ2n) is 5.42. The van der Waals surface area contributed by atoms with Crippen LogP contribution in [0, 0.1) is 0 Å². The van der Waals surface area contributed by atoms with Gasteiger partial charge in [-0.1, -0.05) is 25.1 Å². The summed E-state index contributed by atoms with van der Waals surface area (Å²) in [5, 5.41) is 0. The molecule has 1 unspecified atom stereocenters. The minimum atomic E-state index is 0.545. The van der Waals surface area contributed by atoms with Crippen molar-refractivity contribution in [1.82, 2.24) is 9.80 Å². The fraction of sp³-hybridized carbons (Fsp3) is 0.625. The molecule has 1 aliphatic heterocycles. The van der Waals surface area contributed by atoms with Gasteiger partial charge in [0, 0.05) is 50.9 Å². The Bertz CT molecular complexity index is 398. The predicted molar refractivity (Wildman–Crippen MR) is 83.0 cm³/mol. The fourth-order valence-electron chi connectivity index (χ4n) is 2.94. The van der Waals surface area contributed by atoms with Crippen LogP contribution < -0.4 is 10.5 Å². The number of hydrogen-bond acceptors (Lipinski definition) is 4. The lowest BCUT2D eigenvalue weighted by Crippen LogP contribution is -2.51. The molecule has 0 radical (unpaired) electrons. The molecular weight excluding hydrogens is 250 g/mol. The van der Waals surface area contributed by atoms with Crippen LogP contribution in [0.1, 0.15) is 18.9 Å². The third kappa shape index (κ3) is 3.72. The molecule has 1 saturated heterocycles. The van der Waals surface area contributed by atoms with Crippen LogP contribution in [0.5, 0.6) is 5.75 Å². The normalized spacial score (nSPS) is 18.9. The van der Waals surface area contributed by atoms with Crippen LogP contribution in [-0.4, -0.2) is 55.7 Å². The first-order valence-corrected chi connectivity index (χ1v) is 7.56. The summed E-state index contributed by atoms with van der Waals surface area (Å²) in [6.45, 7) is 8.40. The molecule has 0 aliphatic carbocycles. The van der Waals surface area contributed by atoms with Gasteiger partial charge in [-0.2, -0.15) is 0 Å². The first-order valence-electron chi connectivity index (χ1n) is 7.56. The van der Waals surface area contributed by atoms with Gasteiger partial charge in [0.25, 0.3) is 0 Å². The van der Waals surface area contributed by atoms with Crippen molar-refractivity contribution in [3.05, 3.63) is 29.8 Å². The van der Waals surface area contributed by atoms with E-state index in [9.17, 15) is 0 Å². The van der Waals surface area contributed by atoms with Crippen LogP contribution in [0.4, 0.5) is 0 Å². The summed E-state index contributed by atoms with van der Waals surface area (Å²) in [7, 11) is 1.74. The second-order valence-corrected chi connectivity index (χ2v) is 5.42. The molecule has 1 atom stereocenters. The van der Waals surface area contributed by atoms with E-state index < -0.39 is 0 Å². The van der Waals surface area contributed by atoms with Crippen molar-refractivity contribution in [3.63, 3.8) is 0 Å². The first kappa shape index (κ1) is 15.3. The Kier molecular flexibility index (Phi) is 5.83. The van der Waals surface area contributed by atoms with Crippen molar-refractivity contribution < 1.29 is 4.74 Å². The standard InChI is InChI=1S/C16H27N3O/c1-3-15(12-17)19-10-8-18(9-11-19)13-14-6-4-5-7-16(14)20-2/h4-7,15H,3,8-13,17H2,1-2H3.